The molecule has 1 aliphatic rings. The average molecular weight is 334 g/mol. The lowest BCUT2D eigenvalue weighted by atomic mass is 10.0. The smallest absolute Gasteiger partial charge is 0.410 e. The number of fused-ring (bicyclic) bond motifs is 1. The van der Waals surface area contributed by atoms with Gasteiger partial charge in [-0.15, -0.1) is 0 Å². The predicted octanol–water partition coefficient (Wildman–Crippen LogP) is 2.31. The standard InChI is InChI=1S/C19H30N2O3/c1-19(2,3)24-18(23)20(4)13-17(22)14-21-11-9-15-7-5-6-8-16(15)10-12-21/h5-8,17,22H,9-14H2,1-4H3. The van der Waals surface area contributed by atoms with E-state index < -0.39 is 17.8 Å². The summed E-state index contributed by atoms with van der Waals surface area (Å²) in [4.78, 5) is 15.7. The SMILES string of the molecule is CN(CC(O)CN1CCc2ccccc2CC1)C(=O)OC(C)(C)C. The topological polar surface area (TPSA) is 53.0 Å². The number of rotatable bonds is 4. The summed E-state index contributed by atoms with van der Waals surface area (Å²) in [7, 11) is 1.66. The molecule has 1 amide bonds. The highest BCUT2D eigenvalue weighted by Gasteiger charge is 2.23. The van der Waals surface area contributed by atoms with Crippen molar-refractivity contribution in [2.75, 3.05) is 33.2 Å². The van der Waals surface area contributed by atoms with Crippen LogP contribution < -0.4 is 0 Å². The number of ether oxygens (including phenoxy) is 1. The molecule has 2 rings (SSSR count). The van der Waals surface area contributed by atoms with Gasteiger partial charge in [0, 0.05) is 26.7 Å². The Morgan fingerprint density at radius 2 is 1.79 bits per heavy atom. The van der Waals surface area contributed by atoms with Gasteiger partial charge in [-0.3, -0.25) is 0 Å². The maximum atomic E-state index is 12.0. The number of hydrogen-bond donors (Lipinski definition) is 1. The van der Waals surface area contributed by atoms with Crippen molar-refractivity contribution in [2.45, 2.75) is 45.3 Å². The molecule has 0 saturated heterocycles. The second-order valence-corrected chi connectivity index (χ2v) is 7.58. The summed E-state index contributed by atoms with van der Waals surface area (Å²) in [6.45, 7) is 8.23. The second-order valence-electron chi connectivity index (χ2n) is 7.58. The molecule has 1 atom stereocenters. The molecule has 1 aliphatic heterocycles. The zero-order chi connectivity index (χ0) is 17.7. The van der Waals surface area contributed by atoms with Crippen LogP contribution >= 0.6 is 0 Å². The fraction of sp³-hybridized carbons (Fsp3) is 0.632. The van der Waals surface area contributed by atoms with Crippen molar-refractivity contribution < 1.29 is 14.6 Å². The molecular formula is C19H30N2O3. The van der Waals surface area contributed by atoms with Gasteiger partial charge in [0.05, 0.1) is 12.6 Å². The minimum absolute atomic E-state index is 0.276. The molecule has 1 aromatic carbocycles. The Labute approximate surface area is 145 Å². The fourth-order valence-corrected chi connectivity index (χ4v) is 2.98. The summed E-state index contributed by atoms with van der Waals surface area (Å²) in [5, 5.41) is 10.3. The van der Waals surface area contributed by atoms with Crippen LogP contribution in [0.1, 0.15) is 31.9 Å². The molecule has 5 nitrogen and oxygen atoms in total. The molecule has 24 heavy (non-hydrogen) atoms. The summed E-state index contributed by atoms with van der Waals surface area (Å²) in [5.41, 5.74) is 2.29. The van der Waals surface area contributed by atoms with Gasteiger partial charge < -0.3 is 19.6 Å². The van der Waals surface area contributed by atoms with Gasteiger partial charge in [0.15, 0.2) is 0 Å². The van der Waals surface area contributed by atoms with Crippen molar-refractivity contribution in [1.29, 1.82) is 0 Å². The van der Waals surface area contributed by atoms with E-state index >= 15 is 0 Å². The monoisotopic (exact) mass is 334 g/mol. The fourth-order valence-electron chi connectivity index (χ4n) is 2.98. The second kappa shape index (κ2) is 7.99. The highest BCUT2D eigenvalue weighted by molar-refractivity contribution is 5.67. The quantitative estimate of drug-likeness (QED) is 0.918. The van der Waals surface area contributed by atoms with Crippen molar-refractivity contribution in [2.24, 2.45) is 0 Å². The van der Waals surface area contributed by atoms with Crippen molar-refractivity contribution in [3.05, 3.63) is 35.4 Å². The van der Waals surface area contributed by atoms with E-state index in [1.165, 1.54) is 16.0 Å². The van der Waals surface area contributed by atoms with Crippen LogP contribution in [0.3, 0.4) is 0 Å². The normalized spacial score (nSPS) is 16.9. The van der Waals surface area contributed by atoms with Crippen molar-refractivity contribution in [1.82, 2.24) is 9.80 Å². The molecule has 0 radical (unpaired) electrons. The van der Waals surface area contributed by atoms with E-state index in [1.54, 1.807) is 7.05 Å². The number of benzene rings is 1. The van der Waals surface area contributed by atoms with E-state index in [0.717, 1.165) is 25.9 Å². The Hall–Kier alpha value is -1.59. The van der Waals surface area contributed by atoms with Gasteiger partial charge in [-0.2, -0.15) is 0 Å². The number of nitrogens with zero attached hydrogens (tertiary/aromatic N) is 2. The van der Waals surface area contributed by atoms with E-state index in [0.29, 0.717) is 6.54 Å². The number of aliphatic hydroxyl groups is 1. The van der Waals surface area contributed by atoms with Gasteiger partial charge >= 0.3 is 6.09 Å². The molecule has 134 valence electrons. The van der Waals surface area contributed by atoms with Crippen LogP contribution in [0.25, 0.3) is 0 Å². The number of likely N-dealkylation sites (N-methyl/N-ethyl adjacent to an activating group) is 1. The maximum Gasteiger partial charge on any atom is 0.410 e. The van der Waals surface area contributed by atoms with Crippen molar-refractivity contribution in [3.63, 3.8) is 0 Å². The minimum atomic E-state index is -0.580. The molecule has 1 heterocycles. The maximum absolute atomic E-state index is 12.0. The lowest BCUT2D eigenvalue weighted by molar-refractivity contribution is 0.0168. The summed E-state index contributed by atoms with van der Waals surface area (Å²) in [5.74, 6) is 0. The Balaban J connectivity index is 1.80. The first kappa shape index (κ1) is 18.7. The van der Waals surface area contributed by atoms with E-state index in [9.17, 15) is 9.90 Å². The molecule has 0 aromatic heterocycles. The Kier molecular flexibility index (Phi) is 6.24. The number of carbonyl (C=O) groups is 1. The number of amides is 1. The number of carbonyl (C=O) groups excluding carboxylic acids is 1. The van der Waals surface area contributed by atoms with Gasteiger partial charge in [0.2, 0.25) is 0 Å². The van der Waals surface area contributed by atoms with Crippen molar-refractivity contribution in [3.8, 4) is 0 Å². The van der Waals surface area contributed by atoms with Crippen molar-refractivity contribution >= 4 is 6.09 Å². The summed E-state index contributed by atoms with van der Waals surface area (Å²) in [6.07, 6.45) is 1.03. The molecule has 0 fully saturated rings. The van der Waals surface area contributed by atoms with Crippen LogP contribution in [-0.2, 0) is 17.6 Å². The molecule has 0 aliphatic carbocycles. The molecule has 1 N–H and O–H groups in total. The molecule has 0 bridgehead atoms. The molecular weight excluding hydrogens is 304 g/mol. The van der Waals surface area contributed by atoms with Crippen LogP contribution in [0.4, 0.5) is 4.79 Å². The summed E-state index contributed by atoms with van der Waals surface area (Å²) < 4.78 is 5.31. The first-order valence-electron chi connectivity index (χ1n) is 8.66. The van der Waals surface area contributed by atoms with E-state index in [-0.39, 0.29) is 6.54 Å². The number of β-amino-alcohol motifs (C(OH)–C–C–N with tert-alkyl or cyclic N) is 1. The zero-order valence-electron chi connectivity index (χ0n) is 15.3. The average Bonchev–Trinajstić information content (AvgIpc) is 2.68. The lowest BCUT2D eigenvalue weighted by Crippen LogP contribution is -2.43. The van der Waals surface area contributed by atoms with Gasteiger partial charge in [0.25, 0.3) is 0 Å². The van der Waals surface area contributed by atoms with Gasteiger partial charge in [0.1, 0.15) is 5.60 Å². The molecule has 1 aromatic rings. The molecule has 5 heteroatoms. The third kappa shape index (κ3) is 5.80. The predicted molar refractivity (Wildman–Crippen MR) is 95.2 cm³/mol. The highest BCUT2D eigenvalue weighted by Crippen LogP contribution is 2.16. The Bertz CT molecular complexity index is 527. The highest BCUT2D eigenvalue weighted by atomic mass is 16.6. The van der Waals surface area contributed by atoms with Crippen LogP contribution in [0.15, 0.2) is 24.3 Å². The zero-order valence-corrected chi connectivity index (χ0v) is 15.3. The number of aliphatic hydroxyl groups excluding tert-OH is 1. The van der Waals surface area contributed by atoms with E-state index in [4.69, 9.17) is 4.74 Å². The minimum Gasteiger partial charge on any atom is -0.444 e. The van der Waals surface area contributed by atoms with Gasteiger partial charge in [-0.1, -0.05) is 24.3 Å². The first-order valence-corrected chi connectivity index (χ1v) is 8.66. The summed E-state index contributed by atoms with van der Waals surface area (Å²) >= 11 is 0. The van der Waals surface area contributed by atoms with Crippen LogP contribution in [0.5, 0.6) is 0 Å². The van der Waals surface area contributed by atoms with E-state index in [1.807, 2.05) is 20.8 Å². The Morgan fingerprint density at radius 3 is 2.29 bits per heavy atom. The third-order valence-electron chi connectivity index (χ3n) is 4.17. The van der Waals surface area contributed by atoms with Gasteiger partial charge in [-0.25, -0.2) is 4.79 Å². The lowest BCUT2D eigenvalue weighted by Gasteiger charge is -2.28. The molecule has 0 spiro atoms. The first-order chi connectivity index (χ1) is 11.2. The van der Waals surface area contributed by atoms with Crippen LogP contribution in [-0.4, -0.2) is 65.9 Å². The van der Waals surface area contributed by atoms with Crippen LogP contribution in [0.2, 0.25) is 0 Å². The summed E-state index contributed by atoms with van der Waals surface area (Å²) in [6, 6.07) is 8.54. The van der Waals surface area contributed by atoms with E-state index in [2.05, 4.69) is 29.2 Å². The molecule has 1 unspecified atom stereocenters. The van der Waals surface area contributed by atoms with Gasteiger partial charge in [-0.05, 0) is 44.7 Å². The Morgan fingerprint density at radius 1 is 1.25 bits per heavy atom. The molecule has 0 saturated carbocycles. The van der Waals surface area contributed by atoms with Crippen LogP contribution in [0, 0.1) is 0 Å². The third-order valence-corrected chi connectivity index (χ3v) is 4.17. The largest absolute Gasteiger partial charge is 0.444 e. The number of hydrogen-bond acceptors (Lipinski definition) is 4.